The average molecular weight is 2020 g/mol. The number of hydrogen-bond acceptors (Lipinski definition) is 12. The van der Waals surface area contributed by atoms with Crippen LogP contribution < -0.4 is 37.9 Å². The minimum Gasteiger partial charge on any atom is -0.493 e. The summed E-state index contributed by atoms with van der Waals surface area (Å²) in [6.07, 6.45) is 84.9. The van der Waals surface area contributed by atoms with Gasteiger partial charge in [0.25, 0.3) is 0 Å². The average Bonchev–Trinajstić information content (AvgIpc) is 1.62. The fourth-order valence-corrected chi connectivity index (χ4v) is 20.4. The van der Waals surface area contributed by atoms with Gasteiger partial charge in [-0.05, 0) is 219 Å². The van der Waals surface area contributed by atoms with E-state index >= 15 is 0 Å². The lowest BCUT2D eigenvalue weighted by Gasteiger charge is -2.14. The van der Waals surface area contributed by atoms with E-state index in [1.54, 1.807) is 0 Å². The highest BCUT2D eigenvalue weighted by Gasteiger charge is 2.25. The van der Waals surface area contributed by atoms with E-state index in [1.807, 2.05) is 12.2 Å². The van der Waals surface area contributed by atoms with Crippen molar-refractivity contribution in [3.8, 4) is 127 Å². The molecule has 0 aliphatic carbocycles. The molecule has 14 rings (SSSR count). The Labute approximate surface area is 897 Å². The van der Waals surface area contributed by atoms with Gasteiger partial charge in [0.1, 0.15) is 46.0 Å². The molecule has 0 saturated carbocycles. The lowest BCUT2D eigenvalue weighted by molar-refractivity contribution is 0.289. The maximum Gasteiger partial charge on any atom is 0.123 e. The third-order valence-corrected chi connectivity index (χ3v) is 28.9. The third kappa shape index (κ3) is 33.8. The van der Waals surface area contributed by atoms with Crippen molar-refractivity contribution < 1.29 is 37.9 Å². The molecule has 0 saturated heterocycles. The molecule has 150 heavy (non-hydrogen) atoms. The molecular formula is C134H170N8O8. The van der Waals surface area contributed by atoms with Gasteiger partial charge >= 0.3 is 0 Å². The number of unbranched alkanes of at least 4 members (excludes halogenated alkanes) is 40. The van der Waals surface area contributed by atoms with Gasteiger partial charge in [0.05, 0.1) is 143 Å². The fourth-order valence-electron chi connectivity index (χ4n) is 20.4. The van der Waals surface area contributed by atoms with Gasteiger partial charge in [-0.25, -0.2) is 19.9 Å². The predicted molar refractivity (Wildman–Crippen MR) is 632 cm³/mol. The Morgan fingerprint density at radius 2 is 0.340 bits per heavy atom. The topological polar surface area (TPSA) is 189 Å². The highest BCUT2D eigenvalue weighted by atomic mass is 16.5. The molecule has 4 aliphatic rings. The van der Waals surface area contributed by atoms with Crippen LogP contribution in [-0.4, -0.2) is 92.7 Å². The SMILES string of the molecule is C#Cc1c2nc(c(-c3cc(OCCCCCCCC)cc(OCCCCCCCC)c3)c3ccc([nH]3)c(C#Cc3c4nc(c(-c5cc(OCCCCCCCC)cc(OCCCCCCCC)c5)c5ccc([nH]5)c(C#C)c5nc(c(-c6cc(OCCCCCCCC)cc(OCCCCCCCC)c6)c6ccc3[nH]6)C=C5)C=C4)c3nc(c(-c4cc(OCCCCCCCC)cc(OCCCCCCCC)c4)c4ccc1[nH]4)C=C3)C=C2. The summed E-state index contributed by atoms with van der Waals surface area (Å²) in [5.41, 5.74) is 20.4. The number of rotatable bonds is 68. The molecule has 0 unspecified atom stereocenters. The van der Waals surface area contributed by atoms with Crippen LogP contribution in [0.3, 0.4) is 0 Å². The van der Waals surface area contributed by atoms with E-state index in [9.17, 15) is 0 Å². The Bertz CT molecular complexity index is 5920. The lowest BCUT2D eigenvalue weighted by atomic mass is 10.0. The van der Waals surface area contributed by atoms with Crippen LogP contribution in [0.2, 0.25) is 0 Å². The van der Waals surface area contributed by atoms with E-state index in [4.69, 9.17) is 70.7 Å². The normalized spacial score (nSPS) is 11.9. The van der Waals surface area contributed by atoms with Gasteiger partial charge in [-0.1, -0.05) is 336 Å². The van der Waals surface area contributed by atoms with Crippen LogP contribution in [0, 0.1) is 36.5 Å². The first kappa shape index (κ1) is 113. The minimum absolute atomic E-state index is 0.565. The first-order valence-electron chi connectivity index (χ1n) is 58.4. The molecule has 794 valence electrons. The van der Waals surface area contributed by atoms with Gasteiger partial charge in [-0.2, -0.15) is 0 Å². The number of benzene rings is 4. The van der Waals surface area contributed by atoms with E-state index in [-0.39, 0.29) is 0 Å². The Morgan fingerprint density at radius 3 is 0.520 bits per heavy atom. The van der Waals surface area contributed by atoms with Gasteiger partial charge in [-0.3, -0.25) is 0 Å². The number of nitrogens with one attached hydrogen (secondary N) is 4. The van der Waals surface area contributed by atoms with E-state index in [1.165, 1.54) is 205 Å². The number of aromatic nitrogens is 8. The molecule has 6 aromatic heterocycles. The molecule has 0 atom stereocenters. The molecule has 16 nitrogen and oxygen atoms in total. The zero-order chi connectivity index (χ0) is 104. The molecule has 0 fully saturated rings. The second kappa shape index (κ2) is 62.7. The van der Waals surface area contributed by atoms with Crippen molar-refractivity contribution in [2.24, 2.45) is 0 Å². The van der Waals surface area contributed by atoms with Crippen molar-refractivity contribution in [1.29, 1.82) is 0 Å². The Hall–Kier alpha value is -12.8. The van der Waals surface area contributed by atoms with Crippen LogP contribution >= 0.6 is 0 Å². The summed E-state index contributed by atoms with van der Waals surface area (Å²) in [5, 5.41) is 0. The Balaban J connectivity index is 1.05. The molecule has 10 aromatic rings. The second-order valence-electron chi connectivity index (χ2n) is 41.2. The first-order valence-corrected chi connectivity index (χ1v) is 58.4. The number of terminal acetylenes is 2. The molecule has 4 aromatic carbocycles. The van der Waals surface area contributed by atoms with Gasteiger partial charge in [0, 0.05) is 68.6 Å². The quantitative estimate of drug-likeness (QED) is 0.0209. The Morgan fingerprint density at radius 1 is 0.187 bits per heavy atom. The number of nitrogens with zero attached hydrogens (tertiary/aromatic N) is 4. The number of hydrogen-bond donors (Lipinski definition) is 4. The molecular weight excluding hydrogens is 1850 g/mol. The monoisotopic (exact) mass is 2020 g/mol. The van der Waals surface area contributed by atoms with Crippen molar-refractivity contribution >= 4 is 92.7 Å². The zero-order valence-corrected chi connectivity index (χ0v) is 92.0. The van der Waals surface area contributed by atoms with Crippen molar-refractivity contribution in [2.45, 2.75) is 364 Å². The highest BCUT2D eigenvalue weighted by Crippen LogP contribution is 2.44. The van der Waals surface area contributed by atoms with E-state index in [0.717, 1.165) is 226 Å². The summed E-state index contributed by atoms with van der Waals surface area (Å²) in [4.78, 5) is 38.9. The van der Waals surface area contributed by atoms with Crippen LogP contribution in [0.5, 0.6) is 46.0 Å². The minimum atomic E-state index is 0.565. The number of ether oxygens (including phenoxy) is 8. The van der Waals surface area contributed by atoms with Crippen molar-refractivity contribution in [3.63, 3.8) is 0 Å². The largest absolute Gasteiger partial charge is 0.493 e. The number of fused-ring (bicyclic) bond motifs is 16. The van der Waals surface area contributed by atoms with Crippen LogP contribution in [0.1, 0.15) is 431 Å². The summed E-state index contributed by atoms with van der Waals surface area (Å²) in [6, 6.07) is 42.3. The highest BCUT2D eigenvalue weighted by molar-refractivity contribution is 5.99. The summed E-state index contributed by atoms with van der Waals surface area (Å²) in [6.45, 7) is 22.6. The fraction of sp³-hybridized carbons (Fsp3) is 0.478. The number of aromatic amines is 4. The van der Waals surface area contributed by atoms with E-state index < -0.39 is 0 Å². The summed E-state index contributed by atoms with van der Waals surface area (Å²) < 4.78 is 54.9. The molecule has 16 heteroatoms. The zero-order valence-electron chi connectivity index (χ0n) is 92.0. The number of H-pyrrole nitrogens is 4. The van der Waals surface area contributed by atoms with Crippen LogP contribution in [0.25, 0.3) is 137 Å². The smallest absolute Gasteiger partial charge is 0.123 e. The van der Waals surface area contributed by atoms with Crippen LogP contribution in [0.4, 0.5) is 0 Å². The standard InChI is InChI=1S/C134H170N8O8/c1-11-21-29-37-45-53-79-143-103-87-99(88-104(95-103)144-80-54-46-38-30-22-12-2)131-123-71-63-115(135-123)111(19-9)116-64-72-124(136-116)132(100-89-105(145-81-55-47-39-31-23-13-3)96-106(90-100)146-82-56-48-40-32-24-14-4)128-76-68-120(140-128)113(119-67-75-127(131)139-119)61-62-114-121-69-77-129(141-121)133(101-91-107(147-83-57-49-41-33-25-15-5)97-108(92-101)148-84-58-50-42-34-26-16-6)125-73-65-117(137-125)112(20-10)118-66-74-126(138-118)134(130-78-70-122(114)142-130)102-93-109(149-85-59-51-43-35-27-17-7)98-110(94-102)150-86-60-52-44-36-28-18-8/h9-10,63-78,87-98,135,137,140,142H,11-18,21-60,79-86H2,1-8H3. The van der Waals surface area contributed by atoms with Crippen LogP contribution in [0.15, 0.2) is 121 Å². The maximum atomic E-state index is 6.87. The molecule has 4 aliphatic heterocycles. The van der Waals surface area contributed by atoms with E-state index in [0.29, 0.717) is 132 Å². The molecule has 4 N–H and O–H groups in total. The van der Waals surface area contributed by atoms with Gasteiger partial charge in [-0.15, -0.1) is 12.8 Å². The summed E-state index contributed by atoms with van der Waals surface area (Å²) in [5.74, 6) is 19.9. The lowest BCUT2D eigenvalue weighted by Crippen LogP contribution is -2.01. The van der Waals surface area contributed by atoms with E-state index in [2.05, 4.69) is 257 Å². The van der Waals surface area contributed by atoms with Crippen molar-refractivity contribution in [3.05, 3.63) is 189 Å². The van der Waals surface area contributed by atoms with Crippen molar-refractivity contribution in [1.82, 2.24) is 39.9 Å². The summed E-state index contributed by atoms with van der Waals surface area (Å²) >= 11 is 0. The Kier molecular flexibility index (Phi) is 47.1. The van der Waals surface area contributed by atoms with Crippen LogP contribution in [-0.2, 0) is 0 Å². The van der Waals surface area contributed by atoms with Crippen molar-refractivity contribution in [2.75, 3.05) is 52.9 Å². The van der Waals surface area contributed by atoms with Gasteiger partial charge in [0.2, 0.25) is 0 Å². The molecule has 0 radical (unpaired) electrons. The van der Waals surface area contributed by atoms with Gasteiger partial charge < -0.3 is 57.8 Å². The molecule has 10 heterocycles. The van der Waals surface area contributed by atoms with Gasteiger partial charge in [0.15, 0.2) is 0 Å². The molecule has 0 amide bonds. The molecule has 16 bridgehead atoms. The second-order valence-corrected chi connectivity index (χ2v) is 41.2. The predicted octanol–water partition coefficient (Wildman–Crippen LogP) is 37.6. The third-order valence-electron chi connectivity index (χ3n) is 28.9. The summed E-state index contributed by atoms with van der Waals surface area (Å²) in [7, 11) is 0. The first-order chi connectivity index (χ1) is 74.0. The molecule has 0 spiro atoms. The maximum absolute atomic E-state index is 6.87.